The van der Waals surface area contributed by atoms with Gasteiger partial charge in [-0.3, -0.25) is 5.32 Å². The number of carbonyl (C=O) groups excluding carboxylic acids is 1. The molecule has 0 unspecified atom stereocenters. The summed E-state index contributed by atoms with van der Waals surface area (Å²) in [4.78, 5) is 16.4. The largest absolute Gasteiger partial charge is 0.325 e. The number of nitrogens with zero attached hydrogens (tertiary/aromatic N) is 1. The number of halogens is 2. The van der Waals surface area contributed by atoms with Gasteiger partial charge in [0.15, 0.2) is 5.13 Å². The van der Waals surface area contributed by atoms with E-state index in [0.717, 1.165) is 15.8 Å². The quantitative estimate of drug-likeness (QED) is 0.635. The van der Waals surface area contributed by atoms with Crippen LogP contribution in [0.25, 0.3) is 10.2 Å². The Kier molecular flexibility index (Phi) is 4.20. The zero-order chi connectivity index (χ0) is 15.7. The summed E-state index contributed by atoms with van der Waals surface area (Å²) >= 11 is 13.2. The average molecular weight is 352 g/mol. The van der Waals surface area contributed by atoms with Crippen molar-refractivity contribution in [3.8, 4) is 0 Å². The lowest BCUT2D eigenvalue weighted by molar-refractivity contribution is 0.262. The predicted molar refractivity (Wildman–Crippen MR) is 93.5 cm³/mol. The first-order valence-corrected chi connectivity index (χ1v) is 7.99. The van der Waals surface area contributed by atoms with Gasteiger partial charge < -0.3 is 5.32 Å². The van der Waals surface area contributed by atoms with Gasteiger partial charge in [0, 0.05) is 5.69 Å². The van der Waals surface area contributed by atoms with Gasteiger partial charge in [0.25, 0.3) is 0 Å². The molecule has 2 amide bonds. The van der Waals surface area contributed by atoms with Crippen LogP contribution in [0.2, 0.25) is 10.0 Å². The van der Waals surface area contributed by atoms with Gasteiger partial charge >= 0.3 is 6.03 Å². The maximum atomic E-state index is 12.0. The Labute approximate surface area is 141 Å². The van der Waals surface area contributed by atoms with Crippen LogP contribution in [0.3, 0.4) is 0 Å². The van der Waals surface area contributed by atoms with Crippen LogP contribution < -0.4 is 10.6 Å². The Morgan fingerprint density at radius 3 is 2.68 bits per heavy atom. The lowest BCUT2D eigenvalue weighted by Gasteiger charge is -2.06. The average Bonchev–Trinajstić information content (AvgIpc) is 2.84. The lowest BCUT2D eigenvalue weighted by Crippen LogP contribution is -2.19. The molecule has 2 aromatic carbocycles. The van der Waals surface area contributed by atoms with Gasteiger partial charge in [-0.05, 0) is 42.8 Å². The number of hydrogen-bond acceptors (Lipinski definition) is 3. The van der Waals surface area contributed by atoms with Crippen molar-refractivity contribution in [2.24, 2.45) is 0 Å². The molecule has 0 spiro atoms. The summed E-state index contributed by atoms with van der Waals surface area (Å²) in [6, 6.07) is 10.5. The third-order valence-electron chi connectivity index (χ3n) is 2.94. The molecule has 3 aromatic rings. The van der Waals surface area contributed by atoms with Crippen LogP contribution in [0.1, 0.15) is 5.56 Å². The third-order valence-corrected chi connectivity index (χ3v) is 4.61. The number of aryl methyl sites for hydroxylation is 1. The van der Waals surface area contributed by atoms with E-state index < -0.39 is 0 Å². The van der Waals surface area contributed by atoms with Gasteiger partial charge in [-0.2, -0.15) is 0 Å². The Morgan fingerprint density at radius 2 is 1.91 bits per heavy atom. The van der Waals surface area contributed by atoms with Crippen molar-refractivity contribution in [3.63, 3.8) is 0 Å². The smallest absolute Gasteiger partial charge is 0.308 e. The molecule has 1 heterocycles. The number of carbonyl (C=O) groups is 1. The van der Waals surface area contributed by atoms with Gasteiger partial charge in [-0.1, -0.05) is 40.6 Å². The minimum atomic E-state index is -0.380. The van der Waals surface area contributed by atoms with Gasteiger partial charge in [0.2, 0.25) is 0 Å². The normalized spacial score (nSPS) is 10.7. The predicted octanol–water partition coefficient (Wildman–Crippen LogP) is 5.56. The number of aromatic nitrogens is 1. The van der Waals surface area contributed by atoms with Crippen LogP contribution in [-0.2, 0) is 0 Å². The minimum Gasteiger partial charge on any atom is -0.308 e. The zero-order valence-corrected chi connectivity index (χ0v) is 13.8. The number of thiazole rings is 1. The van der Waals surface area contributed by atoms with Crippen LogP contribution in [0.5, 0.6) is 0 Å². The number of fused-ring (bicyclic) bond motifs is 1. The molecular weight excluding hydrogens is 341 g/mol. The van der Waals surface area contributed by atoms with Gasteiger partial charge in [-0.15, -0.1) is 0 Å². The summed E-state index contributed by atoms with van der Waals surface area (Å²) < 4.78 is 1.03. The second-order valence-corrected chi connectivity index (χ2v) is 6.54. The van der Waals surface area contributed by atoms with E-state index in [9.17, 15) is 4.79 Å². The van der Waals surface area contributed by atoms with Gasteiger partial charge in [-0.25, -0.2) is 9.78 Å². The molecule has 3 rings (SSSR count). The molecule has 0 aliphatic rings. The molecule has 0 saturated heterocycles. The van der Waals surface area contributed by atoms with Crippen LogP contribution >= 0.6 is 34.5 Å². The summed E-state index contributed by atoms with van der Waals surface area (Å²) in [7, 11) is 0. The van der Waals surface area contributed by atoms with Crippen LogP contribution in [0.15, 0.2) is 36.4 Å². The number of benzene rings is 2. The maximum absolute atomic E-state index is 12.0. The van der Waals surface area contributed by atoms with E-state index in [1.165, 1.54) is 11.3 Å². The highest BCUT2D eigenvalue weighted by molar-refractivity contribution is 7.22. The standard InChI is InChI=1S/C15H11Cl2N3OS/c1-8-2-5-12-13(6-8)22-15(19-12)20-14(21)18-9-3-4-10(16)11(17)7-9/h2-7H,1H3,(H2,18,19,20,21). The van der Waals surface area contributed by atoms with Crippen molar-refractivity contribution in [3.05, 3.63) is 52.0 Å². The molecule has 112 valence electrons. The molecule has 0 radical (unpaired) electrons. The van der Waals surface area contributed by atoms with E-state index in [-0.39, 0.29) is 6.03 Å². The van der Waals surface area contributed by atoms with Crippen LogP contribution in [0.4, 0.5) is 15.6 Å². The summed E-state index contributed by atoms with van der Waals surface area (Å²) in [6.45, 7) is 2.02. The molecule has 0 aliphatic carbocycles. The molecular formula is C15H11Cl2N3OS. The highest BCUT2D eigenvalue weighted by Gasteiger charge is 2.09. The number of hydrogen-bond donors (Lipinski definition) is 2. The number of anilines is 2. The fourth-order valence-electron chi connectivity index (χ4n) is 1.92. The first-order chi connectivity index (χ1) is 10.5. The van der Waals surface area contributed by atoms with Crippen molar-refractivity contribution in [2.75, 3.05) is 10.6 Å². The molecule has 0 atom stereocenters. The molecule has 2 N–H and O–H groups in total. The van der Waals surface area contributed by atoms with Crippen molar-refractivity contribution in [1.82, 2.24) is 4.98 Å². The minimum absolute atomic E-state index is 0.380. The van der Waals surface area contributed by atoms with E-state index in [2.05, 4.69) is 15.6 Å². The van der Waals surface area contributed by atoms with Gasteiger partial charge in [0.05, 0.1) is 20.3 Å². The number of nitrogens with one attached hydrogen (secondary N) is 2. The molecule has 0 aliphatic heterocycles. The monoisotopic (exact) mass is 351 g/mol. The fourth-order valence-corrected chi connectivity index (χ4v) is 3.18. The highest BCUT2D eigenvalue weighted by Crippen LogP contribution is 2.27. The molecule has 22 heavy (non-hydrogen) atoms. The van der Waals surface area contributed by atoms with Gasteiger partial charge in [0.1, 0.15) is 0 Å². The summed E-state index contributed by atoms with van der Waals surface area (Å²) in [5.41, 5.74) is 2.58. The van der Waals surface area contributed by atoms with E-state index in [1.807, 2.05) is 25.1 Å². The second kappa shape index (κ2) is 6.12. The summed E-state index contributed by atoms with van der Waals surface area (Å²) in [6.07, 6.45) is 0. The Morgan fingerprint density at radius 1 is 1.09 bits per heavy atom. The fraction of sp³-hybridized carbons (Fsp3) is 0.0667. The van der Waals surface area contributed by atoms with E-state index in [1.54, 1.807) is 18.2 Å². The second-order valence-electron chi connectivity index (χ2n) is 4.70. The van der Waals surface area contributed by atoms with E-state index >= 15 is 0 Å². The number of rotatable bonds is 2. The lowest BCUT2D eigenvalue weighted by atomic mass is 10.2. The zero-order valence-electron chi connectivity index (χ0n) is 11.5. The van der Waals surface area contributed by atoms with Crippen LogP contribution in [-0.4, -0.2) is 11.0 Å². The Balaban J connectivity index is 1.73. The molecule has 0 bridgehead atoms. The number of amides is 2. The highest BCUT2D eigenvalue weighted by atomic mass is 35.5. The molecule has 1 aromatic heterocycles. The summed E-state index contributed by atoms with van der Waals surface area (Å²) in [5, 5.41) is 6.77. The van der Waals surface area contributed by atoms with E-state index in [4.69, 9.17) is 23.2 Å². The van der Waals surface area contributed by atoms with Crippen molar-refractivity contribution in [1.29, 1.82) is 0 Å². The van der Waals surface area contributed by atoms with E-state index in [0.29, 0.717) is 20.9 Å². The SMILES string of the molecule is Cc1ccc2nc(NC(=O)Nc3ccc(Cl)c(Cl)c3)sc2c1. The van der Waals surface area contributed by atoms with Crippen molar-refractivity contribution in [2.45, 2.75) is 6.92 Å². The summed E-state index contributed by atoms with van der Waals surface area (Å²) in [5.74, 6) is 0. The molecule has 0 saturated carbocycles. The first-order valence-electron chi connectivity index (χ1n) is 6.41. The van der Waals surface area contributed by atoms with Crippen molar-refractivity contribution >= 4 is 61.6 Å². The van der Waals surface area contributed by atoms with Crippen LogP contribution in [0, 0.1) is 6.92 Å². The topological polar surface area (TPSA) is 54.0 Å². The first kappa shape index (κ1) is 15.1. The molecule has 7 heteroatoms. The Bertz CT molecular complexity index is 863. The molecule has 0 fully saturated rings. The Hall–Kier alpha value is -1.82. The number of urea groups is 1. The molecule has 4 nitrogen and oxygen atoms in total. The van der Waals surface area contributed by atoms with Crippen molar-refractivity contribution < 1.29 is 4.79 Å². The third kappa shape index (κ3) is 3.32. The maximum Gasteiger partial charge on any atom is 0.325 e.